The predicted molar refractivity (Wildman–Crippen MR) is 83.1 cm³/mol. The molecule has 0 spiro atoms. The molecule has 0 radical (unpaired) electrons. The van der Waals surface area contributed by atoms with Crippen molar-refractivity contribution in [3.05, 3.63) is 36.5 Å². The summed E-state index contributed by atoms with van der Waals surface area (Å²) in [6.45, 7) is 3.81. The van der Waals surface area contributed by atoms with Crippen molar-refractivity contribution < 1.29 is 33.4 Å². The van der Waals surface area contributed by atoms with Crippen LogP contribution in [0.2, 0.25) is 0 Å². The lowest BCUT2D eigenvalue weighted by atomic mass is 10.3. The fraction of sp³-hybridized carbons (Fsp3) is 0.375. The fourth-order valence-corrected chi connectivity index (χ4v) is 2.24. The first kappa shape index (κ1) is 18.2. The minimum absolute atomic E-state index is 0.00783. The molecule has 0 aromatic carbocycles. The van der Waals surface area contributed by atoms with Crippen LogP contribution >= 0.6 is 0 Å². The molecule has 2 heterocycles. The first-order chi connectivity index (χ1) is 12.0. The lowest BCUT2D eigenvalue weighted by molar-refractivity contribution is -0.156. The maximum atomic E-state index is 12.0. The monoisotopic (exact) mass is 350 g/mol. The van der Waals surface area contributed by atoms with Crippen LogP contribution in [0.4, 0.5) is 0 Å². The summed E-state index contributed by atoms with van der Waals surface area (Å²) in [4.78, 5) is 49.4. The van der Waals surface area contributed by atoms with Gasteiger partial charge in [0.05, 0.1) is 13.2 Å². The van der Waals surface area contributed by atoms with Crippen LogP contribution in [0.5, 0.6) is 0 Å². The summed E-state index contributed by atoms with van der Waals surface area (Å²) in [6, 6.07) is 0. The van der Waals surface area contributed by atoms with Crippen LogP contribution in [0.15, 0.2) is 36.5 Å². The summed E-state index contributed by atoms with van der Waals surface area (Å²) in [5.41, 5.74) is 0. The standard InChI is InChI=1S/C16H18N2O7/c1-3-23-10-16(24-4-2)25-9-11(17-12(19)5-6-13(17)20)18-14(21)7-8-15(18)22/h5-8,10-11H,3-4,9H2,1-2H3. The number of carbonyl (C=O) groups is 4. The Morgan fingerprint density at radius 2 is 1.36 bits per heavy atom. The van der Waals surface area contributed by atoms with Crippen LogP contribution in [0.1, 0.15) is 13.8 Å². The number of amides is 4. The van der Waals surface area contributed by atoms with E-state index < -0.39 is 29.8 Å². The molecule has 0 bridgehead atoms. The number of hydrogen-bond donors (Lipinski definition) is 0. The number of imide groups is 2. The van der Waals surface area contributed by atoms with Gasteiger partial charge in [0.2, 0.25) is 0 Å². The highest BCUT2D eigenvalue weighted by Gasteiger charge is 2.41. The molecule has 2 aliphatic heterocycles. The van der Waals surface area contributed by atoms with Crippen LogP contribution in [0, 0.1) is 0 Å². The minimum atomic E-state index is -1.24. The number of nitrogens with zero attached hydrogens (tertiary/aromatic N) is 2. The second-order valence-corrected chi connectivity index (χ2v) is 4.88. The number of hydrogen-bond acceptors (Lipinski definition) is 7. The Hall–Kier alpha value is -3.10. The van der Waals surface area contributed by atoms with Crippen molar-refractivity contribution in [2.45, 2.75) is 20.0 Å². The van der Waals surface area contributed by atoms with Gasteiger partial charge in [-0.15, -0.1) is 0 Å². The van der Waals surface area contributed by atoms with E-state index in [0.29, 0.717) is 6.61 Å². The van der Waals surface area contributed by atoms with Gasteiger partial charge in [0.15, 0.2) is 12.4 Å². The molecule has 0 saturated carbocycles. The van der Waals surface area contributed by atoms with E-state index in [9.17, 15) is 19.2 Å². The largest absolute Gasteiger partial charge is 0.494 e. The van der Waals surface area contributed by atoms with Gasteiger partial charge in [-0.1, -0.05) is 0 Å². The average Bonchev–Trinajstić information content (AvgIpc) is 3.09. The highest BCUT2D eigenvalue weighted by Crippen LogP contribution is 2.19. The van der Waals surface area contributed by atoms with Crippen molar-refractivity contribution in [2.24, 2.45) is 0 Å². The SMILES string of the molecule is CCOC=C(OCC)OCC(N1C(=O)C=CC1=O)N1C(=O)C=CC1=O. The summed E-state index contributed by atoms with van der Waals surface area (Å²) < 4.78 is 15.7. The molecule has 134 valence electrons. The summed E-state index contributed by atoms with van der Waals surface area (Å²) in [5, 5.41) is 0. The van der Waals surface area contributed by atoms with Crippen molar-refractivity contribution in [3.8, 4) is 0 Å². The third-order valence-electron chi connectivity index (χ3n) is 3.29. The molecule has 0 N–H and O–H groups in total. The van der Waals surface area contributed by atoms with E-state index >= 15 is 0 Å². The summed E-state index contributed by atoms with van der Waals surface area (Å²) >= 11 is 0. The molecule has 25 heavy (non-hydrogen) atoms. The van der Waals surface area contributed by atoms with E-state index in [1.807, 2.05) is 0 Å². The van der Waals surface area contributed by atoms with E-state index in [-0.39, 0.29) is 19.2 Å². The van der Waals surface area contributed by atoms with Crippen molar-refractivity contribution in [3.63, 3.8) is 0 Å². The van der Waals surface area contributed by atoms with Gasteiger partial charge >= 0.3 is 5.95 Å². The highest BCUT2D eigenvalue weighted by molar-refractivity contribution is 6.16. The maximum Gasteiger partial charge on any atom is 0.315 e. The highest BCUT2D eigenvalue weighted by atomic mass is 16.7. The van der Waals surface area contributed by atoms with Crippen LogP contribution in [-0.2, 0) is 33.4 Å². The van der Waals surface area contributed by atoms with Crippen molar-refractivity contribution in [1.29, 1.82) is 0 Å². The van der Waals surface area contributed by atoms with Gasteiger partial charge in [-0.3, -0.25) is 19.2 Å². The zero-order chi connectivity index (χ0) is 18.4. The predicted octanol–water partition coefficient (Wildman–Crippen LogP) is 0.0510. The fourth-order valence-electron chi connectivity index (χ4n) is 2.24. The van der Waals surface area contributed by atoms with Crippen molar-refractivity contribution in [1.82, 2.24) is 9.80 Å². The van der Waals surface area contributed by atoms with E-state index in [1.54, 1.807) is 13.8 Å². The molecule has 4 amide bonds. The Morgan fingerprint density at radius 3 is 1.76 bits per heavy atom. The number of ether oxygens (including phenoxy) is 3. The Kier molecular flexibility index (Phi) is 5.93. The number of rotatable bonds is 9. The third kappa shape index (κ3) is 4.06. The lowest BCUT2D eigenvalue weighted by Gasteiger charge is -2.32. The van der Waals surface area contributed by atoms with Gasteiger partial charge in [0, 0.05) is 24.3 Å². The lowest BCUT2D eigenvalue weighted by Crippen LogP contribution is -2.55. The normalized spacial score (nSPS) is 17.3. The first-order valence-corrected chi connectivity index (χ1v) is 7.67. The Morgan fingerprint density at radius 1 is 0.880 bits per heavy atom. The molecule has 9 heteroatoms. The molecule has 0 aromatic rings. The third-order valence-corrected chi connectivity index (χ3v) is 3.29. The van der Waals surface area contributed by atoms with E-state index in [2.05, 4.69) is 0 Å². The molecule has 0 aliphatic carbocycles. The molecule has 2 aliphatic rings. The molecular weight excluding hydrogens is 332 g/mol. The van der Waals surface area contributed by atoms with Gasteiger partial charge in [0.1, 0.15) is 6.61 Å². The van der Waals surface area contributed by atoms with Gasteiger partial charge in [0.25, 0.3) is 23.6 Å². The topological polar surface area (TPSA) is 102 Å². The van der Waals surface area contributed by atoms with Gasteiger partial charge in [-0.25, -0.2) is 9.80 Å². The smallest absolute Gasteiger partial charge is 0.315 e. The van der Waals surface area contributed by atoms with Crippen molar-refractivity contribution >= 4 is 23.6 Å². The molecule has 0 unspecified atom stereocenters. The zero-order valence-corrected chi connectivity index (χ0v) is 13.8. The van der Waals surface area contributed by atoms with E-state index in [0.717, 1.165) is 34.1 Å². The van der Waals surface area contributed by atoms with Crippen LogP contribution in [-0.4, -0.2) is 59.4 Å². The Balaban J connectivity index is 2.20. The molecule has 0 aromatic heterocycles. The number of carbonyl (C=O) groups excluding carboxylic acids is 4. The maximum absolute atomic E-state index is 12.0. The van der Waals surface area contributed by atoms with E-state index in [1.165, 1.54) is 6.26 Å². The van der Waals surface area contributed by atoms with E-state index in [4.69, 9.17) is 14.2 Å². The molecule has 0 saturated heterocycles. The molecule has 0 atom stereocenters. The molecule has 0 fully saturated rings. The Labute approximate surface area is 144 Å². The average molecular weight is 350 g/mol. The van der Waals surface area contributed by atoms with Gasteiger partial charge in [-0.2, -0.15) is 0 Å². The van der Waals surface area contributed by atoms with Gasteiger partial charge in [-0.05, 0) is 13.8 Å². The summed E-state index contributed by atoms with van der Waals surface area (Å²) in [5.74, 6) is -2.56. The molecular formula is C16H18N2O7. The Bertz CT molecular complexity index is 587. The quantitative estimate of drug-likeness (QED) is 0.428. The van der Waals surface area contributed by atoms with Crippen LogP contribution in [0.25, 0.3) is 0 Å². The van der Waals surface area contributed by atoms with Gasteiger partial charge < -0.3 is 14.2 Å². The van der Waals surface area contributed by atoms with Crippen molar-refractivity contribution in [2.75, 3.05) is 19.8 Å². The summed E-state index contributed by atoms with van der Waals surface area (Å²) in [6.07, 6.45) is 4.25. The zero-order valence-electron chi connectivity index (χ0n) is 13.8. The summed E-state index contributed by atoms with van der Waals surface area (Å²) in [7, 11) is 0. The second-order valence-electron chi connectivity index (χ2n) is 4.88. The first-order valence-electron chi connectivity index (χ1n) is 7.67. The van der Waals surface area contributed by atoms with Crippen LogP contribution in [0.3, 0.4) is 0 Å². The minimum Gasteiger partial charge on any atom is -0.494 e. The molecule has 2 rings (SSSR count). The second kappa shape index (κ2) is 8.13. The van der Waals surface area contributed by atoms with Crippen LogP contribution < -0.4 is 0 Å². The molecule has 9 nitrogen and oxygen atoms in total.